The molecule has 0 radical (unpaired) electrons. The van der Waals surface area contributed by atoms with Crippen LogP contribution in [-0.4, -0.2) is 20.8 Å². The van der Waals surface area contributed by atoms with Gasteiger partial charge in [-0.1, -0.05) is 5.21 Å². The van der Waals surface area contributed by atoms with E-state index in [2.05, 4.69) is 26.2 Å². The monoisotopic (exact) mass is 311 g/mol. The van der Waals surface area contributed by atoms with Gasteiger partial charge in [0.15, 0.2) is 11.5 Å². The standard InChI is InChI=1S/C12H11BrFN3O/c1-6-4-10(14)9(13)5-11(6)17-7(2)12(8(3)18)15-16-17/h4-5H,1-3H3. The van der Waals surface area contributed by atoms with E-state index in [1.165, 1.54) is 17.7 Å². The van der Waals surface area contributed by atoms with Crippen molar-refractivity contribution >= 4 is 21.7 Å². The van der Waals surface area contributed by atoms with Gasteiger partial charge in [-0.05, 0) is 47.5 Å². The molecule has 0 amide bonds. The molecule has 0 aliphatic carbocycles. The fourth-order valence-corrected chi connectivity index (χ4v) is 2.08. The van der Waals surface area contributed by atoms with E-state index in [-0.39, 0.29) is 11.6 Å². The first-order valence-corrected chi connectivity index (χ1v) is 6.10. The lowest BCUT2D eigenvalue weighted by atomic mass is 10.2. The third-order valence-electron chi connectivity index (χ3n) is 2.70. The van der Waals surface area contributed by atoms with Crippen LogP contribution >= 0.6 is 15.9 Å². The Hall–Kier alpha value is -1.56. The van der Waals surface area contributed by atoms with Crippen LogP contribution in [0.3, 0.4) is 0 Å². The van der Waals surface area contributed by atoms with Crippen LogP contribution in [0.1, 0.15) is 28.7 Å². The molecule has 0 saturated heterocycles. The summed E-state index contributed by atoms with van der Waals surface area (Å²) < 4.78 is 15.3. The second-order valence-electron chi connectivity index (χ2n) is 4.04. The summed E-state index contributed by atoms with van der Waals surface area (Å²) in [5, 5.41) is 7.78. The van der Waals surface area contributed by atoms with Crippen LogP contribution < -0.4 is 0 Å². The highest BCUT2D eigenvalue weighted by atomic mass is 79.9. The van der Waals surface area contributed by atoms with Gasteiger partial charge in [-0.15, -0.1) is 5.10 Å². The zero-order chi connectivity index (χ0) is 13.4. The summed E-state index contributed by atoms with van der Waals surface area (Å²) in [6.45, 7) is 4.97. The number of carbonyl (C=O) groups is 1. The van der Waals surface area contributed by atoms with Crippen molar-refractivity contribution in [1.29, 1.82) is 0 Å². The van der Waals surface area contributed by atoms with Gasteiger partial charge in [-0.2, -0.15) is 0 Å². The van der Waals surface area contributed by atoms with E-state index in [1.807, 2.05) is 0 Å². The number of aryl methyl sites for hydroxylation is 1. The zero-order valence-corrected chi connectivity index (χ0v) is 11.7. The van der Waals surface area contributed by atoms with Gasteiger partial charge in [0.2, 0.25) is 0 Å². The summed E-state index contributed by atoms with van der Waals surface area (Å²) in [6.07, 6.45) is 0. The van der Waals surface area contributed by atoms with Gasteiger partial charge in [-0.3, -0.25) is 4.79 Å². The Kier molecular flexibility index (Phi) is 3.30. The van der Waals surface area contributed by atoms with Crippen molar-refractivity contribution in [3.8, 4) is 5.69 Å². The second kappa shape index (κ2) is 4.61. The number of aromatic nitrogens is 3. The van der Waals surface area contributed by atoms with Crippen LogP contribution in [0.5, 0.6) is 0 Å². The van der Waals surface area contributed by atoms with E-state index in [4.69, 9.17) is 0 Å². The van der Waals surface area contributed by atoms with Crippen LogP contribution in [0, 0.1) is 19.7 Å². The minimum Gasteiger partial charge on any atom is -0.293 e. The van der Waals surface area contributed by atoms with E-state index in [0.29, 0.717) is 21.5 Å². The molecule has 2 rings (SSSR count). The summed E-state index contributed by atoms with van der Waals surface area (Å²) in [4.78, 5) is 11.3. The Labute approximate surface area is 112 Å². The Morgan fingerprint density at radius 2 is 2.06 bits per heavy atom. The Balaban J connectivity index is 2.63. The number of halogens is 2. The lowest BCUT2D eigenvalue weighted by Crippen LogP contribution is -2.04. The van der Waals surface area contributed by atoms with E-state index in [0.717, 1.165) is 5.56 Å². The zero-order valence-electron chi connectivity index (χ0n) is 10.2. The number of carbonyl (C=O) groups excluding carboxylic acids is 1. The van der Waals surface area contributed by atoms with Gasteiger partial charge < -0.3 is 0 Å². The number of ketones is 1. The first-order chi connectivity index (χ1) is 8.41. The molecule has 6 heteroatoms. The average Bonchev–Trinajstić information content (AvgIpc) is 2.66. The molecular formula is C12H11BrFN3O. The van der Waals surface area contributed by atoms with Crippen LogP contribution in [0.15, 0.2) is 16.6 Å². The molecular weight excluding hydrogens is 301 g/mol. The van der Waals surface area contributed by atoms with Gasteiger partial charge in [0.1, 0.15) is 5.82 Å². The van der Waals surface area contributed by atoms with Crippen LogP contribution in [0.4, 0.5) is 4.39 Å². The second-order valence-corrected chi connectivity index (χ2v) is 4.90. The van der Waals surface area contributed by atoms with Crippen molar-refractivity contribution in [1.82, 2.24) is 15.0 Å². The molecule has 4 nitrogen and oxygen atoms in total. The van der Waals surface area contributed by atoms with Gasteiger partial charge in [0, 0.05) is 6.92 Å². The summed E-state index contributed by atoms with van der Waals surface area (Å²) in [5.74, 6) is -0.474. The molecule has 0 saturated carbocycles. The highest BCUT2D eigenvalue weighted by Gasteiger charge is 2.16. The number of hydrogen-bond donors (Lipinski definition) is 0. The Morgan fingerprint density at radius 3 is 2.61 bits per heavy atom. The highest BCUT2D eigenvalue weighted by Crippen LogP contribution is 2.24. The van der Waals surface area contributed by atoms with Gasteiger partial charge in [0.05, 0.1) is 15.9 Å². The summed E-state index contributed by atoms with van der Waals surface area (Å²) in [5.41, 5.74) is 2.39. The van der Waals surface area contributed by atoms with Gasteiger partial charge in [-0.25, -0.2) is 9.07 Å². The lowest BCUT2D eigenvalue weighted by molar-refractivity contribution is 0.101. The SMILES string of the molecule is CC(=O)c1nnn(-c2cc(Br)c(F)cc2C)c1C. The van der Waals surface area contributed by atoms with Gasteiger partial charge in [0.25, 0.3) is 0 Å². The molecule has 0 N–H and O–H groups in total. The van der Waals surface area contributed by atoms with E-state index < -0.39 is 0 Å². The van der Waals surface area contributed by atoms with Crippen molar-refractivity contribution in [2.24, 2.45) is 0 Å². The predicted octanol–water partition coefficient (Wildman–Crippen LogP) is 2.99. The van der Waals surface area contributed by atoms with Crippen molar-refractivity contribution in [3.63, 3.8) is 0 Å². The molecule has 0 fully saturated rings. The largest absolute Gasteiger partial charge is 0.293 e. The minimum atomic E-state index is -0.333. The molecule has 0 spiro atoms. The molecule has 0 aliphatic heterocycles. The third-order valence-corrected chi connectivity index (χ3v) is 3.30. The molecule has 1 aromatic carbocycles. The van der Waals surface area contributed by atoms with Crippen LogP contribution in [0.25, 0.3) is 5.69 Å². The fourth-order valence-electron chi connectivity index (χ4n) is 1.75. The van der Waals surface area contributed by atoms with E-state index in [1.54, 1.807) is 19.9 Å². The lowest BCUT2D eigenvalue weighted by Gasteiger charge is -2.08. The first-order valence-electron chi connectivity index (χ1n) is 5.31. The molecule has 1 aromatic heterocycles. The molecule has 18 heavy (non-hydrogen) atoms. The quantitative estimate of drug-likeness (QED) is 0.801. The number of rotatable bonds is 2. The fraction of sp³-hybridized carbons (Fsp3) is 0.250. The minimum absolute atomic E-state index is 0.141. The molecule has 0 aliphatic rings. The normalized spacial score (nSPS) is 10.7. The van der Waals surface area contributed by atoms with Gasteiger partial charge >= 0.3 is 0 Å². The van der Waals surface area contributed by atoms with Crippen molar-refractivity contribution in [3.05, 3.63) is 39.4 Å². The third kappa shape index (κ3) is 2.08. The summed E-state index contributed by atoms with van der Waals surface area (Å²) in [7, 11) is 0. The van der Waals surface area contributed by atoms with E-state index in [9.17, 15) is 9.18 Å². The van der Waals surface area contributed by atoms with Crippen LogP contribution in [-0.2, 0) is 0 Å². The number of Topliss-reactive ketones (excluding diaryl/α,β-unsaturated/α-hetero) is 1. The molecule has 0 unspecified atom stereocenters. The highest BCUT2D eigenvalue weighted by molar-refractivity contribution is 9.10. The molecule has 0 atom stereocenters. The predicted molar refractivity (Wildman–Crippen MR) is 68.5 cm³/mol. The molecule has 94 valence electrons. The smallest absolute Gasteiger partial charge is 0.181 e. The molecule has 0 bridgehead atoms. The Morgan fingerprint density at radius 1 is 1.39 bits per heavy atom. The molecule has 2 aromatic rings. The average molecular weight is 312 g/mol. The number of benzene rings is 1. The summed E-state index contributed by atoms with van der Waals surface area (Å²) in [6, 6.07) is 3.03. The van der Waals surface area contributed by atoms with Crippen molar-refractivity contribution in [2.45, 2.75) is 20.8 Å². The maximum absolute atomic E-state index is 13.4. The van der Waals surface area contributed by atoms with Crippen molar-refractivity contribution < 1.29 is 9.18 Å². The maximum Gasteiger partial charge on any atom is 0.181 e. The number of nitrogens with zero attached hydrogens (tertiary/aromatic N) is 3. The summed E-state index contributed by atoms with van der Waals surface area (Å²) >= 11 is 3.13. The van der Waals surface area contributed by atoms with E-state index >= 15 is 0 Å². The number of hydrogen-bond acceptors (Lipinski definition) is 3. The van der Waals surface area contributed by atoms with Crippen LogP contribution in [0.2, 0.25) is 0 Å². The maximum atomic E-state index is 13.4. The Bertz CT molecular complexity index is 636. The topological polar surface area (TPSA) is 47.8 Å². The van der Waals surface area contributed by atoms with Crippen molar-refractivity contribution in [2.75, 3.05) is 0 Å². The molecule has 1 heterocycles. The first kappa shape index (κ1) is 12.9.